The molecule has 0 amide bonds. The fraction of sp³-hybridized carbons (Fsp3) is 0.467. The summed E-state index contributed by atoms with van der Waals surface area (Å²) < 4.78 is 10.4. The zero-order valence-corrected chi connectivity index (χ0v) is 12.2. The van der Waals surface area contributed by atoms with E-state index in [0.717, 1.165) is 12.2 Å². The van der Waals surface area contributed by atoms with Gasteiger partial charge in [0.15, 0.2) is 5.82 Å². The summed E-state index contributed by atoms with van der Waals surface area (Å²) in [6.45, 7) is 4.08. The number of nitrogens with two attached hydrogens (primary N) is 1. The molecule has 0 bridgehead atoms. The van der Waals surface area contributed by atoms with Gasteiger partial charge in [0.25, 0.3) is 0 Å². The summed E-state index contributed by atoms with van der Waals surface area (Å²) in [5, 5.41) is 3.95. The van der Waals surface area contributed by atoms with Gasteiger partial charge in [-0.15, -0.1) is 0 Å². The Labute approximate surface area is 119 Å². The zero-order chi connectivity index (χ0) is 14.5. The van der Waals surface area contributed by atoms with Crippen molar-refractivity contribution >= 4 is 0 Å². The normalized spacial score (nSPS) is 12.7. The molecule has 2 aromatic rings. The Morgan fingerprint density at radius 2 is 1.90 bits per heavy atom. The van der Waals surface area contributed by atoms with Crippen molar-refractivity contribution in [2.24, 2.45) is 11.7 Å². The number of methoxy groups -OCH3 is 1. The molecule has 1 aromatic heterocycles. The van der Waals surface area contributed by atoms with Crippen molar-refractivity contribution in [1.29, 1.82) is 0 Å². The van der Waals surface area contributed by atoms with E-state index in [9.17, 15) is 0 Å². The summed E-state index contributed by atoms with van der Waals surface area (Å²) in [5.41, 5.74) is 7.20. The van der Waals surface area contributed by atoms with Gasteiger partial charge in [0.2, 0.25) is 5.89 Å². The van der Waals surface area contributed by atoms with Gasteiger partial charge in [-0.2, -0.15) is 4.98 Å². The van der Waals surface area contributed by atoms with Crippen LogP contribution in [0.15, 0.2) is 28.8 Å². The molecule has 0 radical (unpaired) electrons. The Morgan fingerprint density at radius 3 is 2.50 bits per heavy atom. The second-order valence-electron chi connectivity index (χ2n) is 5.16. The predicted molar refractivity (Wildman–Crippen MR) is 76.5 cm³/mol. The van der Waals surface area contributed by atoms with Crippen LogP contribution in [0, 0.1) is 5.92 Å². The maximum absolute atomic E-state index is 5.99. The van der Waals surface area contributed by atoms with Crippen molar-refractivity contribution in [2.45, 2.75) is 32.7 Å². The molecule has 1 unspecified atom stereocenters. The van der Waals surface area contributed by atoms with E-state index >= 15 is 0 Å². The molecule has 0 aliphatic rings. The maximum Gasteiger partial charge on any atom is 0.227 e. The van der Waals surface area contributed by atoms with Crippen molar-refractivity contribution in [3.63, 3.8) is 0 Å². The first-order valence-electron chi connectivity index (χ1n) is 6.81. The van der Waals surface area contributed by atoms with Crippen molar-refractivity contribution in [3.05, 3.63) is 41.5 Å². The Morgan fingerprint density at radius 1 is 1.20 bits per heavy atom. The van der Waals surface area contributed by atoms with E-state index in [1.54, 1.807) is 7.11 Å². The van der Waals surface area contributed by atoms with Crippen LogP contribution >= 0.6 is 0 Å². The second kappa shape index (κ2) is 6.52. The van der Waals surface area contributed by atoms with Crippen LogP contribution in [-0.4, -0.2) is 17.3 Å². The van der Waals surface area contributed by atoms with Crippen molar-refractivity contribution in [3.8, 4) is 5.75 Å². The average molecular weight is 275 g/mol. The quantitative estimate of drug-likeness (QED) is 0.876. The molecule has 0 saturated carbocycles. The number of aromatic nitrogens is 2. The third kappa shape index (κ3) is 3.57. The number of ether oxygens (including phenoxy) is 1. The van der Waals surface area contributed by atoms with Gasteiger partial charge in [-0.25, -0.2) is 0 Å². The monoisotopic (exact) mass is 275 g/mol. The molecule has 5 heteroatoms. The lowest BCUT2D eigenvalue weighted by Gasteiger charge is -2.09. The molecule has 1 aromatic carbocycles. The summed E-state index contributed by atoms with van der Waals surface area (Å²) in [4.78, 5) is 4.35. The highest BCUT2D eigenvalue weighted by Gasteiger charge is 2.17. The van der Waals surface area contributed by atoms with Gasteiger partial charge in [0.1, 0.15) is 5.75 Å². The van der Waals surface area contributed by atoms with Crippen LogP contribution in [0.5, 0.6) is 5.75 Å². The fourth-order valence-corrected chi connectivity index (χ4v) is 1.85. The second-order valence-corrected chi connectivity index (χ2v) is 5.16. The van der Waals surface area contributed by atoms with E-state index in [-0.39, 0.29) is 6.04 Å². The number of benzene rings is 1. The maximum atomic E-state index is 5.99. The van der Waals surface area contributed by atoms with E-state index in [4.69, 9.17) is 15.0 Å². The lowest BCUT2D eigenvalue weighted by molar-refractivity contribution is 0.363. The van der Waals surface area contributed by atoms with Gasteiger partial charge < -0.3 is 15.0 Å². The predicted octanol–water partition coefficient (Wildman–Crippen LogP) is 2.52. The zero-order valence-electron chi connectivity index (χ0n) is 12.2. The van der Waals surface area contributed by atoms with Gasteiger partial charge in [-0.1, -0.05) is 31.1 Å². The standard InChI is InChI=1S/C15H21N3O2/c1-10(2)14(16)15-17-13(20-18-15)9-6-11-4-7-12(19-3)8-5-11/h4-5,7-8,10,14H,6,9,16H2,1-3H3. The van der Waals surface area contributed by atoms with Gasteiger partial charge in [0.05, 0.1) is 13.2 Å². The molecular weight excluding hydrogens is 254 g/mol. The van der Waals surface area contributed by atoms with E-state index < -0.39 is 0 Å². The lowest BCUT2D eigenvalue weighted by atomic mass is 10.1. The molecule has 2 N–H and O–H groups in total. The van der Waals surface area contributed by atoms with Crippen LogP contribution in [-0.2, 0) is 12.8 Å². The smallest absolute Gasteiger partial charge is 0.227 e. The molecule has 0 saturated heterocycles. The van der Waals surface area contributed by atoms with E-state index in [1.165, 1.54) is 5.56 Å². The Kier molecular flexibility index (Phi) is 4.74. The van der Waals surface area contributed by atoms with Crippen LogP contribution in [0.25, 0.3) is 0 Å². The number of hydrogen-bond acceptors (Lipinski definition) is 5. The molecule has 2 rings (SSSR count). The van der Waals surface area contributed by atoms with E-state index in [1.807, 2.05) is 38.1 Å². The number of rotatable bonds is 6. The molecule has 108 valence electrons. The molecule has 0 fully saturated rings. The topological polar surface area (TPSA) is 74.2 Å². The molecule has 0 aliphatic heterocycles. The number of nitrogens with zero attached hydrogens (tertiary/aromatic N) is 2. The van der Waals surface area contributed by atoms with Crippen LogP contribution in [0.3, 0.4) is 0 Å². The highest BCUT2D eigenvalue weighted by Crippen LogP contribution is 2.17. The highest BCUT2D eigenvalue weighted by atomic mass is 16.5. The first kappa shape index (κ1) is 14.5. The summed E-state index contributed by atoms with van der Waals surface area (Å²) in [7, 11) is 1.66. The summed E-state index contributed by atoms with van der Waals surface area (Å²) in [6, 6.07) is 7.80. The van der Waals surface area contributed by atoms with Crippen LogP contribution in [0.2, 0.25) is 0 Å². The van der Waals surface area contributed by atoms with E-state index in [2.05, 4.69) is 10.1 Å². The Balaban J connectivity index is 1.93. The number of hydrogen-bond donors (Lipinski definition) is 1. The molecular formula is C15H21N3O2. The minimum atomic E-state index is -0.173. The molecule has 0 aliphatic carbocycles. The highest BCUT2D eigenvalue weighted by molar-refractivity contribution is 5.27. The van der Waals surface area contributed by atoms with Gasteiger partial charge >= 0.3 is 0 Å². The third-order valence-corrected chi connectivity index (χ3v) is 3.29. The molecule has 0 spiro atoms. The molecule has 1 heterocycles. The Bertz CT molecular complexity index is 534. The molecule has 20 heavy (non-hydrogen) atoms. The van der Waals surface area contributed by atoms with Crippen molar-refractivity contribution in [1.82, 2.24) is 10.1 Å². The largest absolute Gasteiger partial charge is 0.497 e. The molecule has 1 atom stereocenters. The average Bonchev–Trinajstić information content (AvgIpc) is 2.93. The van der Waals surface area contributed by atoms with E-state index in [0.29, 0.717) is 24.1 Å². The van der Waals surface area contributed by atoms with Gasteiger partial charge in [0, 0.05) is 6.42 Å². The van der Waals surface area contributed by atoms with Crippen LogP contribution < -0.4 is 10.5 Å². The summed E-state index contributed by atoms with van der Waals surface area (Å²) in [6.07, 6.45) is 1.56. The fourth-order valence-electron chi connectivity index (χ4n) is 1.85. The van der Waals surface area contributed by atoms with Crippen molar-refractivity contribution in [2.75, 3.05) is 7.11 Å². The third-order valence-electron chi connectivity index (χ3n) is 3.29. The van der Waals surface area contributed by atoms with Crippen LogP contribution in [0.4, 0.5) is 0 Å². The summed E-state index contributed by atoms with van der Waals surface area (Å²) >= 11 is 0. The molecule has 5 nitrogen and oxygen atoms in total. The minimum Gasteiger partial charge on any atom is -0.497 e. The Hall–Kier alpha value is -1.88. The van der Waals surface area contributed by atoms with Gasteiger partial charge in [-0.3, -0.25) is 0 Å². The minimum absolute atomic E-state index is 0.173. The first-order chi connectivity index (χ1) is 9.60. The SMILES string of the molecule is COc1ccc(CCc2nc(C(N)C(C)C)no2)cc1. The lowest BCUT2D eigenvalue weighted by Crippen LogP contribution is -2.18. The summed E-state index contributed by atoms with van der Waals surface area (Å²) in [5.74, 6) is 2.37. The van der Waals surface area contributed by atoms with Gasteiger partial charge in [-0.05, 0) is 30.0 Å². The number of aryl methyl sites for hydroxylation is 2. The van der Waals surface area contributed by atoms with Crippen LogP contribution in [0.1, 0.15) is 37.2 Å². The van der Waals surface area contributed by atoms with Crippen molar-refractivity contribution < 1.29 is 9.26 Å². The first-order valence-corrected chi connectivity index (χ1v) is 6.81.